The number of aromatic nitrogens is 4. The molecule has 0 aliphatic heterocycles. The van der Waals surface area contributed by atoms with E-state index in [2.05, 4.69) is 34.0 Å². The topological polar surface area (TPSA) is 96.3 Å². The molecule has 3 aromatic heterocycles. The Morgan fingerprint density at radius 3 is 2.59 bits per heavy atom. The van der Waals surface area contributed by atoms with Crippen molar-refractivity contribution in [1.29, 1.82) is 0 Å². The van der Waals surface area contributed by atoms with Crippen molar-refractivity contribution in [1.82, 2.24) is 19.9 Å². The Hall–Kier alpha value is -3.26. The third-order valence-electron chi connectivity index (χ3n) is 5.85. The molecule has 0 radical (unpaired) electrons. The number of pyridine rings is 2. The molecular weight excluding hydrogens is 404 g/mol. The van der Waals surface area contributed by atoms with E-state index < -0.39 is 6.23 Å². The first-order valence-corrected chi connectivity index (χ1v) is 11.0. The fraction of sp³-hybridized carbons (Fsp3) is 0.417. The van der Waals surface area contributed by atoms with Crippen molar-refractivity contribution in [3.8, 4) is 17.4 Å². The van der Waals surface area contributed by atoms with Crippen molar-refractivity contribution in [3.63, 3.8) is 0 Å². The number of methoxy groups -OCH3 is 1. The van der Waals surface area contributed by atoms with Gasteiger partial charge in [-0.15, -0.1) is 0 Å². The van der Waals surface area contributed by atoms with E-state index in [1.54, 1.807) is 25.6 Å². The number of likely N-dealkylation sites (N-methyl/N-ethyl adjacent to an activating group) is 1. The zero-order chi connectivity index (χ0) is 22.7. The van der Waals surface area contributed by atoms with Gasteiger partial charge in [0, 0.05) is 30.6 Å². The largest absolute Gasteiger partial charge is 0.481 e. The average Bonchev–Trinajstić information content (AvgIpc) is 3.28. The predicted octanol–water partition coefficient (Wildman–Crippen LogP) is 3.32. The molecule has 32 heavy (non-hydrogen) atoms. The molecule has 2 N–H and O–H groups in total. The van der Waals surface area contributed by atoms with Crippen molar-refractivity contribution in [2.75, 3.05) is 24.4 Å². The Morgan fingerprint density at radius 2 is 1.94 bits per heavy atom. The Bertz CT molecular complexity index is 1040. The van der Waals surface area contributed by atoms with Crippen LogP contribution < -0.4 is 15.0 Å². The maximum atomic E-state index is 11.2. The number of fused-ring (bicyclic) bond motifs is 1. The monoisotopic (exact) mass is 434 g/mol. The van der Waals surface area contributed by atoms with Gasteiger partial charge in [0.1, 0.15) is 17.7 Å². The summed E-state index contributed by atoms with van der Waals surface area (Å²) in [5, 5.41) is 14.3. The Labute approximate surface area is 188 Å². The molecule has 1 aliphatic rings. The summed E-state index contributed by atoms with van der Waals surface area (Å²) in [6.07, 6.45) is 5.50. The van der Waals surface area contributed by atoms with Gasteiger partial charge < -0.3 is 20.1 Å². The van der Waals surface area contributed by atoms with Crippen molar-refractivity contribution >= 4 is 11.5 Å². The van der Waals surface area contributed by atoms with E-state index in [1.807, 2.05) is 31.3 Å². The highest BCUT2D eigenvalue weighted by molar-refractivity contribution is 5.59. The summed E-state index contributed by atoms with van der Waals surface area (Å²) in [5.74, 6) is 2.16. The van der Waals surface area contributed by atoms with E-state index in [9.17, 15) is 5.11 Å². The van der Waals surface area contributed by atoms with Crippen LogP contribution in [-0.2, 0) is 12.8 Å². The first-order valence-electron chi connectivity index (χ1n) is 11.0. The zero-order valence-electron chi connectivity index (χ0n) is 19.0. The first kappa shape index (κ1) is 22.0. The van der Waals surface area contributed by atoms with Crippen LogP contribution in [0.1, 0.15) is 31.5 Å². The van der Waals surface area contributed by atoms with Gasteiger partial charge in [-0.1, -0.05) is 19.9 Å². The van der Waals surface area contributed by atoms with Crippen LogP contribution in [-0.4, -0.2) is 51.5 Å². The number of aliphatic hydroxyl groups excluding tert-OH is 1. The van der Waals surface area contributed by atoms with E-state index in [-0.39, 0.29) is 12.0 Å². The number of aryl methyl sites for hydroxylation is 1. The predicted molar refractivity (Wildman–Crippen MR) is 125 cm³/mol. The van der Waals surface area contributed by atoms with E-state index in [0.717, 1.165) is 47.7 Å². The molecule has 0 aromatic carbocycles. The van der Waals surface area contributed by atoms with Crippen LogP contribution in [0.25, 0.3) is 11.5 Å². The average molecular weight is 435 g/mol. The summed E-state index contributed by atoms with van der Waals surface area (Å²) < 4.78 is 5.12. The summed E-state index contributed by atoms with van der Waals surface area (Å²) in [7, 11) is 3.57. The molecule has 0 spiro atoms. The maximum absolute atomic E-state index is 11.2. The van der Waals surface area contributed by atoms with Crippen LogP contribution in [0.4, 0.5) is 11.5 Å². The number of hydrogen-bond donors (Lipinski definition) is 2. The normalized spacial score (nSPS) is 14.7. The number of nitrogens with one attached hydrogen (secondary N) is 1. The number of nitrogens with zero attached hydrogens (tertiary/aromatic N) is 5. The highest BCUT2D eigenvalue weighted by Gasteiger charge is 2.31. The highest BCUT2D eigenvalue weighted by atomic mass is 16.5. The van der Waals surface area contributed by atoms with Gasteiger partial charge in [0.25, 0.3) is 0 Å². The highest BCUT2D eigenvalue weighted by Crippen LogP contribution is 2.33. The Kier molecular flexibility index (Phi) is 6.50. The number of anilines is 2. The molecule has 0 saturated heterocycles. The van der Waals surface area contributed by atoms with Crippen molar-refractivity contribution < 1.29 is 9.84 Å². The number of ether oxygens (including phenoxy) is 1. The van der Waals surface area contributed by atoms with E-state index in [1.165, 1.54) is 0 Å². The Balaban J connectivity index is 1.65. The van der Waals surface area contributed by atoms with Gasteiger partial charge in [0.05, 0.1) is 25.0 Å². The molecule has 0 bridgehead atoms. The van der Waals surface area contributed by atoms with Gasteiger partial charge in [-0.25, -0.2) is 15.0 Å². The smallest absolute Gasteiger partial charge is 0.213 e. The van der Waals surface area contributed by atoms with E-state index in [4.69, 9.17) is 14.7 Å². The molecule has 168 valence electrons. The molecule has 0 fully saturated rings. The summed E-state index contributed by atoms with van der Waals surface area (Å²) >= 11 is 0. The molecule has 2 atom stereocenters. The first-order chi connectivity index (χ1) is 15.5. The molecule has 8 heteroatoms. The summed E-state index contributed by atoms with van der Waals surface area (Å²) in [6, 6.07) is 9.12. The van der Waals surface area contributed by atoms with Gasteiger partial charge in [0.15, 0.2) is 5.82 Å². The lowest BCUT2D eigenvalue weighted by Crippen LogP contribution is -2.49. The van der Waals surface area contributed by atoms with E-state index >= 15 is 0 Å². The second-order valence-electron chi connectivity index (χ2n) is 8.39. The molecular formula is C24H30N6O2. The van der Waals surface area contributed by atoms with Gasteiger partial charge in [-0.05, 0) is 43.4 Å². The fourth-order valence-electron chi connectivity index (χ4n) is 4.32. The molecule has 4 rings (SSSR count). The van der Waals surface area contributed by atoms with Crippen LogP contribution in [0.15, 0.2) is 42.7 Å². The van der Waals surface area contributed by atoms with Crippen LogP contribution in [0, 0.1) is 5.92 Å². The van der Waals surface area contributed by atoms with Crippen molar-refractivity contribution in [2.24, 2.45) is 5.92 Å². The van der Waals surface area contributed by atoms with Gasteiger partial charge in [-0.3, -0.25) is 4.98 Å². The minimum Gasteiger partial charge on any atom is -0.481 e. The molecule has 1 aliphatic carbocycles. The van der Waals surface area contributed by atoms with Gasteiger partial charge in [0.2, 0.25) is 5.88 Å². The van der Waals surface area contributed by atoms with Crippen molar-refractivity contribution in [2.45, 2.75) is 45.4 Å². The molecule has 0 amide bonds. The molecule has 3 aromatic rings. The van der Waals surface area contributed by atoms with Crippen LogP contribution in [0.5, 0.6) is 5.88 Å². The molecule has 3 heterocycles. The minimum atomic E-state index is -0.833. The maximum Gasteiger partial charge on any atom is 0.213 e. The van der Waals surface area contributed by atoms with Gasteiger partial charge in [-0.2, -0.15) is 0 Å². The SMILES string of the molecule is COc1ccc(NC(O)C(C(C)C)N(C)c2nc(-c3ccccn3)nc3c2CCC3)cn1. The summed E-state index contributed by atoms with van der Waals surface area (Å²) in [6.45, 7) is 4.19. The summed E-state index contributed by atoms with van der Waals surface area (Å²) in [4.78, 5) is 20.4. The second-order valence-corrected chi connectivity index (χ2v) is 8.39. The number of rotatable bonds is 8. The lowest BCUT2D eigenvalue weighted by Gasteiger charge is -2.37. The van der Waals surface area contributed by atoms with Crippen LogP contribution >= 0.6 is 0 Å². The number of hydrogen-bond acceptors (Lipinski definition) is 8. The van der Waals surface area contributed by atoms with Gasteiger partial charge >= 0.3 is 0 Å². The quantitative estimate of drug-likeness (QED) is 0.521. The second kappa shape index (κ2) is 9.48. The molecule has 8 nitrogen and oxygen atoms in total. The molecule has 2 unspecified atom stereocenters. The van der Waals surface area contributed by atoms with Crippen LogP contribution in [0.3, 0.4) is 0 Å². The van der Waals surface area contributed by atoms with Crippen LogP contribution in [0.2, 0.25) is 0 Å². The fourth-order valence-corrected chi connectivity index (χ4v) is 4.32. The molecule has 0 saturated carbocycles. The standard InChI is InChI=1S/C24H30N6O2/c1-15(2)21(24(31)27-16-11-12-20(32-4)26-14-16)30(3)23-17-8-7-10-18(17)28-22(29-23)19-9-5-6-13-25-19/h5-6,9,11-15,21,24,27,31H,7-8,10H2,1-4H3. The third kappa shape index (κ3) is 4.50. The lowest BCUT2D eigenvalue weighted by atomic mass is 10.00. The lowest BCUT2D eigenvalue weighted by molar-refractivity contribution is 0.147. The number of aliphatic hydroxyl groups is 1. The zero-order valence-corrected chi connectivity index (χ0v) is 19.0. The summed E-state index contributed by atoms with van der Waals surface area (Å²) in [5.41, 5.74) is 3.71. The third-order valence-corrected chi connectivity index (χ3v) is 5.85. The van der Waals surface area contributed by atoms with Crippen molar-refractivity contribution in [3.05, 3.63) is 54.0 Å². The minimum absolute atomic E-state index is 0.152. The Morgan fingerprint density at radius 1 is 1.09 bits per heavy atom. The van der Waals surface area contributed by atoms with E-state index in [0.29, 0.717) is 11.7 Å².